The van der Waals surface area contributed by atoms with Crippen molar-refractivity contribution in [3.63, 3.8) is 0 Å². The van der Waals surface area contributed by atoms with E-state index in [2.05, 4.69) is 20.2 Å². The van der Waals surface area contributed by atoms with E-state index in [9.17, 15) is 8.78 Å². The summed E-state index contributed by atoms with van der Waals surface area (Å²) in [4.78, 5) is 15.4. The summed E-state index contributed by atoms with van der Waals surface area (Å²) in [6.45, 7) is 2.82. The molecule has 2 aliphatic rings. The van der Waals surface area contributed by atoms with Crippen LogP contribution in [0.5, 0.6) is 0 Å². The van der Waals surface area contributed by atoms with E-state index in [1.807, 2.05) is 28.5 Å². The average molecular weight is 435 g/mol. The van der Waals surface area contributed by atoms with Gasteiger partial charge in [0.15, 0.2) is 0 Å². The second kappa shape index (κ2) is 7.36. The third kappa shape index (κ3) is 3.32. The number of nitrogens with zero attached hydrogens (tertiary/aromatic N) is 6. The Kier molecular flexibility index (Phi) is 4.44. The number of nitrogens with one attached hydrogen (secondary N) is 1. The van der Waals surface area contributed by atoms with E-state index in [1.165, 1.54) is 6.07 Å². The average Bonchev–Trinajstić information content (AvgIpc) is 3.41. The number of H-pyrrole nitrogens is 1. The molecular weight excluding hydrogens is 412 g/mol. The van der Waals surface area contributed by atoms with E-state index >= 15 is 0 Å². The molecule has 4 aromatic rings. The van der Waals surface area contributed by atoms with Crippen LogP contribution >= 0.6 is 0 Å². The molecule has 2 unspecified atom stereocenters. The Labute approximate surface area is 183 Å². The predicted molar refractivity (Wildman–Crippen MR) is 116 cm³/mol. The van der Waals surface area contributed by atoms with Gasteiger partial charge < -0.3 is 4.90 Å². The second-order valence-corrected chi connectivity index (χ2v) is 8.85. The van der Waals surface area contributed by atoms with Gasteiger partial charge in [0.2, 0.25) is 5.95 Å². The normalized spacial score (nSPS) is 21.4. The Morgan fingerprint density at radius 3 is 2.75 bits per heavy atom. The first-order chi connectivity index (χ1) is 15.6. The Morgan fingerprint density at radius 1 is 1.09 bits per heavy atom. The van der Waals surface area contributed by atoms with Crippen LogP contribution in [0, 0.1) is 12.7 Å². The smallest absolute Gasteiger partial charge is 0.226 e. The summed E-state index contributed by atoms with van der Waals surface area (Å²) in [5.74, 6) is 0.581. The van der Waals surface area contributed by atoms with Crippen LogP contribution in [0.1, 0.15) is 47.9 Å². The number of halogens is 2. The van der Waals surface area contributed by atoms with E-state index in [-0.39, 0.29) is 24.2 Å². The summed E-state index contributed by atoms with van der Waals surface area (Å²) in [6, 6.07) is 3.29. The quantitative estimate of drug-likeness (QED) is 0.521. The maximum absolute atomic E-state index is 14.7. The first-order valence-corrected chi connectivity index (χ1v) is 11.0. The van der Waals surface area contributed by atoms with Crippen molar-refractivity contribution in [3.8, 4) is 11.4 Å². The third-order valence-electron chi connectivity index (χ3n) is 6.54. The molecule has 1 N–H and O–H groups in total. The molecule has 5 heterocycles. The van der Waals surface area contributed by atoms with Crippen molar-refractivity contribution < 1.29 is 8.78 Å². The summed E-state index contributed by atoms with van der Waals surface area (Å²) >= 11 is 0. The number of fused-ring (bicyclic) bond motifs is 1. The number of hydrogen-bond acceptors (Lipinski definition) is 5. The fraction of sp³-hybridized carbons (Fsp3) is 0.391. The van der Waals surface area contributed by atoms with Crippen molar-refractivity contribution in [2.45, 2.75) is 44.2 Å². The zero-order chi connectivity index (χ0) is 21.8. The van der Waals surface area contributed by atoms with E-state index in [4.69, 9.17) is 4.98 Å². The number of aryl methyl sites for hydroxylation is 1. The number of hydrogen-bond donors (Lipinski definition) is 1. The summed E-state index contributed by atoms with van der Waals surface area (Å²) in [5.41, 5.74) is 4.70. The summed E-state index contributed by atoms with van der Waals surface area (Å²) in [7, 11) is 0. The molecule has 0 bridgehead atoms. The molecule has 0 amide bonds. The zero-order valence-corrected chi connectivity index (χ0v) is 17.7. The Morgan fingerprint density at radius 2 is 1.97 bits per heavy atom. The molecule has 1 aliphatic heterocycles. The van der Waals surface area contributed by atoms with Crippen LogP contribution in [-0.4, -0.2) is 48.8 Å². The van der Waals surface area contributed by atoms with Gasteiger partial charge in [0.1, 0.15) is 17.6 Å². The number of piperidine rings is 1. The van der Waals surface area contributed by atoms with Crippen LogP contribution in [0.15, 0.2) is 36.9 Å². The molecular formula is C23H23F2N7. The van der Waals surface area contributed by atoms with Crippen LogP contribution in [0.2, 0.25) is 0 Å². The lowest BCUT2D eigenvalue weighted by Gasteiger charge is -2.34. The number of aromatic amines is 1. The lowest BCUT2D eigenvalue weighted by molar-refractivity contribution is 0.266. The highest BCUT2D eigenvalue weighted by molar-refractivity contribution is 5.61. The molecule has 9 heteroatoms. The number of pyridine rings is 1. The molecule has 1 saturated heterocycles. The summed E-state index contributed by atoms with van der Waals surface area (Å²) in [6.07, 6.45) is 8.51. The molecule has 7 nitrogen and oxygen atoms in total. The zero-order valence-electron chi connectivity index (χ0n) is 17.7. The first kappa shape index (κ1) is 19.3. The van der Waals surface area contributed by atoms with Gasteiger partial charge in [-0.3, -0.25) is 9.50 Å². The van der Waals surface area contributed by atoms with Gasteiger partial charge in [0, 0.05) is 42.2 Å². The number of aromatic nitrogens is 6. The van der Waals surface area contributed by atoms with Crippen LogP contribution in [0.25, 0.3) is 17.0 Å². The SMILES string of the molecule is Cc1[nH]ncc1C1CC(F)CN(c2nccc(-c3cnc4cc(F)c(C5CC5)cn34)n2)C1. The third-order valence-corrected chi connectivity index (χ3v) is 6.54. The molecule has 164 valence electrons. The van der Waals surface area contributed by atoms with Gasteiger partial charge in [-0.2, -0.15) is 5.10 Å². The minimum Gasteiger partial charge on any atom is -0.337 e. The van der Waals surface area contributed by atoms with Gasteiger partial charge in [-0.25, -0.2) is 23.7 Å². The topological polar surface area (TPSA) is 75.0 Å². The Balaban J connectivity index is 1.35. The van der Waals surface area contributed by atoms with Gasteiger partial charge >= 0.3 is 0 Å². The molecule has 0 spiro atoms. The highest BCUT2D eigenvalue weighted by atomic mass is 19.1. The van der Waals surface area contributed by atoms with Gasteiger partial charge in [0.25, 0.3) is 0 Å². The number of alkyl halides is 1. The maximum atomic E-state index is 14.7. The molecule has 2 fully saturated rings. The lowest BCUT2D eigenvalue weighted by Crippen LogP contribution is -2.41. The van der Waals surface area contributed by atoms with Gasteiger partial charge in [-0.1, -0.05) is 0 Å². The largest absolute Gasteiger partial charge is 0.337 e. The van der Waals surface area contributed by atoms with Crippen LogP contribution in [0.4, 0.5) is 14.7 Å². The Bertz CT molecular complexity index is 1290. The first-order valence-electron chi connectivity index (χ1n) is 11.0. The fourth-order valence-corrected chi connectivity index (χ4v) is 4.74. The van der Waals surface area contributed by atoms with Crippen LogP contribution < -0.4 is 4.90 Å². The van der Waals surface area contributed by atoms with Crippen molar-refractivity contribution in [2.75, 3.05) is 18.0 Å². The van der Waals surface area contributed by atoms with Gasteiger partial charge in [0.05, 0.1) is 30.3 Å². The molecule has 0 radical (unpaired) electrons. The van der Waals surface area contributed by atoms with Crippen LogP contribution in [-0.2, 0) is 0 Å². The molecule has 1 aliphatic carbocycles. The molecule has 0 aromatic carbocycles. The minimum atomic E-state index is -0.977. The van der Waals surface area contributed by atoms with Crippen molar-refractivity contribution in [3.05, 3.63) is 59.6 Å². The standard InChI is InChI=1S/C23H23F2N7/c1-13-17(8-28-30-13)15-6-16(24)11-31(10-15)23-26-5-4-20(29-23)21-9-27-22-7-19(25)18(12-32(21)22)14-2-3-14/h4-5,7-9,12,14-16H,2-3,6,10-11H2,1H3,(H,28,30). The number of imidazole rings is 1. The summed E-state index contributed by atoms with van der Waals surface area (Å²) in [5, 5.41) is 7.04. The van der Waals surface area contributed by atoms with E-state index < -0.39 is 6.17 Å². The number of anilines is 1. The van der Waals surface area contributed by atoms with E-state index in [0.717, 1.165) is 35.4 Å². The lowest BCUT2D eigenvalue weighted by atomic mass is 9.90. The highest BCUT2D eigenvalue weighted by Crippen LogP contribution is 2.41. The maximum Gasteiger partial charge on any atom is 0.226 e. The summed E-state index contributed by atoms with van der Waals surface area (Å²) < 4.78 is 31.0. The van der Waals surface area contributed by atoms with Crippen molar-refractivity contribution in [1.82, 2.24) is 29.5 Å². The van der Waals surface area contributed by atoms with Gasteiger partial charge in [-0.15, -0.1) is 0 Å². The van der Waals surface area contributed by atoms with Crippen molar-refractivity contribution in [2.24, 2.45) is 0 Å². The number of rotatable bonds is 4. The predicted octanol–water partition coefficient (Wildman–Crippen LogP) is 4.17. The van der Waals surface area contributed by atoms with E-state index in [0.29, 0.717) is 30.3 Å². The molecule has 2 atom stereocenters. The van der Waals surface area contributed by atoms with Gasteiger partial charge in [-0.05, 0) is 43.7 Å². The Hall–Kier alpha value is -3.36. The fourth-order valence-electron chi connectivity index (χ4n) is 4.74. The van der Waals surface area contributed by atoms with Crippen LogP contribution in [0.3, 0.4) is 0 Å². The van der Waals surface area contributed by atoms with Crippen molar-refractivity contribution in [1.29, 1.82) is 0 Å². The second-order valence-electron chi connectivity index (χ2n) is 8.85. The monoisotopic (exact) mass is 435 g/mol. The van der Waals surface area contributed by atoms with E-state index in [1.54, 1.807) is 18.6 Å². The minimum absolute atomic E-state index is 0.0182. The molecule has 32 heavy (non-hydrogen) atoms. The molecule has 1 saturated carbocycles. The molecule has 6 rings (SSSR count). The highest BCUT2D eigenvalue weighted by Gasteiger charge is 2.31. The molecule has 4 aromatic heterocycles. The van der Waals surface area contributed by atoms with Crippen molar-refractivity contribution >= 4 is 11.6 Å².